The number of ether oxygens (including phenoxy) is 3. The Morgan fingerprint density at radius 1 is 0.973 bits per heavy atom. The van der Waals surface area contributed by atoms with Gasteiger partial charge in [-0.3, -0.25) is 23.7 Å². The standard InChI is InChI=1S/C26H24N2O7S2/c1-4-35-18(29)13-27-25-22(37-26(27)32)19(14-10-11-16(33-2)17(12-14)34-3)20-21(36-25)24(31)28(23(20)30)15-8-6-5-7-9-15/h5-12,19-21H,4,13H2,1-3H3. The van der Waals surface area contributed by atoms with Crippen molar-refractivity contribution in [2.24, 2.45) is 5.92 Å². The average molecular weight is 541 g/mol. The lowest BCUT2D eigenvalue weighted by Gasteiger charge is -2.31. The monoisotopic (exact) mass is 540 g/mol. The summed E-state index contributed by atoms with van der Waals surface area (Å²) in [5.41, 5.74) is 1.20. The van der Waals surface area contributed by atoms with Crippen molar-refractivity contribution in [3.63, 3.8) is 0 Å². The molecule has 0 radical (unpaired) electrons. The van der Waals surface area contributed by atoms with Crippen molar-refractivity contribution in [1.82, 2.24) is 4.57 Å². The zero-order chi connectivity index (χ0) is 26.3. The Kier molecular flexibility index (Phi) is 6.82. The summed E-state index contributed by atoms with van der Waals surface area (Å²) in [7, 11) is 3.04. The first-order chi connectivity index (χ1) is 17.9. The van der Waals surface area contributed by atoms with Crippen LogP contribution in [0.5, 0.6) is 11.5 Å². The third-order valence-electron chi connectivity index (χ3n) is 6.42. The molecule has 11 heteroatoms. The van der Waals surface area contributed by atoms with E-state index in [-0.39, 0.29) is 29.8 Å². The molecule has 1 fully saturated rings. The number of rotatable bonds is 7. The Morgan fingerprint density at radius 2 is 1.70 bits per heavy atom. The largest absolute Gasteiger partial charge is 0.493 e. The van der Waals surface area contributed by atoms with Gasteiger partial charge in [0.05, 0.1) is 37.5 Å². The van der Waals surface area contributed by atoms with E-state index in [0.29, 0.717) is 32.7 Å². The molecule has 2 aliphatic heterocycles. The lowest BCUT2D eigenvalue weighted by Crippen LogP contribution is -2.32. The second-order valence-corrected chi connectivity index (χ2v) is 10.6. The molecule has 0 spiro atoms. The minimum Gasteiger partial charge on any atom is -0.493 e. The molecule has 2 aliphatic rings. The van der Waals surface area contributed by atoms with E-state index in [2.05, 4.69) is 0 Å². The summed E-state index contributed by atoms with van der Waals surface area (Å²) in [6, 6.07) is 14.1. The number of carbonyl (C=O) groups excluding carboxylic acids is 3. The zero-order valence-electron chi connectivity index (χ0n) is 20.3. The molecule has 0 aliphatic carbocycles. The van der Waals surface area contributed by atoms with Crippen LogP contribution in [0, 0.1) is 5.92 Å². The highest BCUT2D eigenvalue weighted by Crippen LogP contribution is 2.54. The third kappa shape index (κ3) is 4.21. The highest BCUT2D eigenvalue weighted by Gasteiger charge is 2.57. The number of thioether (sulfide) groups is 1. The van der Waals surface area contributed by atoms with Gasteiger partial charge in [0.25, 0.3) is 0 Å². The van der Waals surface area contributed by atoms with Gasteiger partial charge in [-0.05, 0) is 36.8 Å². The van der Waals surface area contributed by atoms with Gasteiger partial charge in [0.1, 0.15) is 11.8 Å². The molecule has 1 saturated heterocycles. The van der Waals surface area contributed by atoms with E-state index in [0.717, 1.165) is 23.1 Å². The Balaban J connectivity index is 1.67. The van der Waals surface area contributed by atoms with Gasteiger partial charge in [-0.1, -0.05) is 47.4 Å². The molecule has 3 atom stereocenters. The predicted molar refractivity (Wildman–Crippen MR) is 139 cm³/mol. The highest BCUT2D eigenvalue weighted by molar-refractivity contribution is 8.00. The fourth-order valence-electron chi connectivity index (χ4n) is 4.83. The summed E-state index contributed by atoms with van der Waals surface area (Å²) < 4.78 is 17.3. The van der Waals surface area contributed by atoms with Crippen LogP contribution >= 0.6 is 23.1 Å². The minimum atomic E-state index is -0.777. The Bertz CT molecular complexity index is 1430. The number of carbonyl (C=O) groups is 3. The van der Waals surface area contributed by atoms with E-state index in [1.165, 1.54) is 23.7 Å². The fourth-order valence-corrected chi connectivity index (χ4v) is 7.60. The number of nitrogens with zero attached hydrogens (tertiary/aromatic N) is 2. The number of para-hydroxylation sites is 1. The van der Waals surface area contributed by atoms with Gasteiger partial charge in [0.15, 0.2) is 11.5 Å². The maximum absolute atomic E-state index is 13.9. The van der Waals surface area contributed by atoms with Gasteiger partial charge < -0.3 is 14.2 Å². The number of amides is 2. The molecular weight excluding hydrogens is 516 g/mol. The van der Waals surface area contributed by atoms with Crippen molar-refractivity contribution in [3.05, 3.63) is 68.6 Å². The lowest BCUT2D eigenvalue weighted by atomic mass is 9.83. The topological polar surface area (TPSA) is 104 Å². The van der Waals surface area contributed by atoms with Crippen LogP contribution in [-0.4, -0.2) is 48.4 Å². The first-order valence-electron chi connectivity index (χ1n) is 11.6. The Morgan fingerprint density at radius 3 is 2.38 bits per heavy atom. The summed E-state index contributed by atoms with van der Waals surface area (Å²) in [4.78, 5) is 54.4. The quantitative estimate of drug-likeness (QED) is 0.332. The summed E-state index contributed by atoms with van der Waals surface area (Å²) in [6.07, 6.45) is 0. The van der Waals surface area contributed by atoms with Crippen LogP contribution < -0.4 is 19.2 Å². The van der Waals surface area contributed by atoms with Crippen LogP contribution in [0.15, 0.2) is 58.4 Å². The van der Waals surface area contributed by atoms with Gasteiger partial charge in [0.2, 0.25) is 11.8 Å². The molecule has 0 saturated carbocycles. The number of esters is 1. The normalized spacial score (nSPS) is 20.4. The average Bonchev–Trinajstić information content (AvgIpc) is 3.35. The van der Waals surface area contributed by atoms with Crippen molar-refractivity contribution in [1.29, 1.82) is 0 Å². The molecule has 192 valence electrons. The summed E-state index contributed by atoms with van der Waals surface area (Å²) in [6.45, 7) is 1.61. The predicted octanol–water partition coefficient (Wildman–Crippen LogP) is 3.29. The molecule has 2 aromatic carbocycles. The molecule has 0 bridgehead atoms. The molecule has 3 heterocycles. The smallest absolute Gasteiger partial charge is 0.326 e. The zero-order valence-corrected chi connectivity index (χ0v) is 22.0. The molecule has 1 aromatic heterocycles. The Labute approximate surface area is 220 Å². The third-order valence-corrected chi connectivity index (χ3v) is 9.03. The number of fused-ring (bicyclic) bond motifs is 2. The summed E-state index contributed by atoms with van der Waals surface area (Å²) >= 11 is 2.14. The second kappa shape index (κ2) is 10.1. The van der Waals surface area contributed by atoms with E-state index in [4.69, 9.17) is 14.2 Å². The molecule has 9 nitrogen and oxygen atoms in total. The molecule has 3 aromatic rings. The fraction of sp³-hybridized carbons (Fsp3) is 0.308. The maximum atomic E-state index is 13.9. The van der Waals surface area contributed by atoms with Crippen LogP contribution in [0.4, 0.5) is 5.69 Å². The first-order valence-corrected chi connectivity index (χ1v) is 13.3. The van der Waals surface area contributed by atoms with Gasteiger partial charge in [-0.25, -0.2) is 4.90 Å². The minimum absolute atomic E-state index is 0.186. The van der Waals surface area contributed by atoms with Crippen molar-refractivity contribution in [2.45, 2.75) is 29.7 Å². The van der Waals surface area contributed by atoms with Crippen LogP contribution in [0.1, 0.15) is 23.3 Å². The first kappa shape index (κ1) is 25.1. The number of methoxy groups -OCH3 is 2. The number of imide groups is 1. The van der Waals surface area contributed by atoms with E-state index in [9.17, 15) is 19.2 Å². The van der Waals surface area contributed by atoms with Crippen molar-refractivity contribution in [2.75, 3.05) is 25.7 Å². The van der Waals surface area contributed by atoms with Crippen molar-refractivity contribution in [3.8, 4) is 11.5 Å². The lowest BCUT2D eigenvalue weighted by molar-refractivity contribution is -0.144. The number of hydrogen-bond acceptors (Lipinski definition) is 9. The number of thiazole rings is 1. The van der Waals surface area contributed by atoms with E-state index in [1.54, 1.807) is 43.3 Å². The number of anilines is 1. The van der Waals surface area contributed by atoms with Crippen LogP contribution in [0.3, 0.4) is 0 Å². The summed E-state index contributed by atoms with van der Waals surface area (Å²) in [5.74, 6) is -1.62. The second-order valence-electron chi connectivity index (χ2n) is 8.43. The van der Waals surface area contributed by atoms with Gasteiger partial charge in [-0.2, -0.15) is 0 Å². The molecule has 0 N–H and O–H groups in total. The highest BCUT2D eigenvalue weighted by atomic mass is 32.2. The SMILES string of the molecule is CCOC(=O)Cn1c2c(sc1=O)C(c1ccc(OC)c(OC)c1)C1C(=O)N(c3ccccc3)C(=O)C1S2. The van der Waals surface area contributed by atoms with Crippen molar-refractivity contribution >= 4 is 46.6 Å². The number of hydrogen-bond donors (Lipinski definition) is 0. The number of benzene rings is 2. The van der Waals surface area contributed by atoms with E-state index < -0.39 is 23.1 Å². The van der Waals surface area contributed by atoms with E-state index in [1.807, 2.05) is 12.1 Å². The molecule has 37 heavy (non-hydrogen) atoms. The molecule has 3 unspecified atom stereocenters. The van der Waals surface area contributed by atoms with Gasteiger partial charge in [0, 0.05) is 10.8 Å². The van der Waals surface area contributed by atoms with Crippen LogP contribution in [-0.2, 0) is 25.7 Å². The van der Waals surface area contributed by atoms with Crippen LogP contribution in [0.2, 0.25) is 0 Å². The molecule has 5 rings (SSSR count). The van der Waals surface area contributed by atoms with E-state index >= 15 is 0 Å². The summed E-state index contributed by atoms with van der Waals surface area (Å²) in [5, 5.41) is -0.277. The van der Waals surface area contributed by atoms with Gasteiger partial charge >= 0.3 is 10.8 Å². The molecular formula is C26H24N2O7S2. The maximum Gasteiger partial charge on any atom is 0.326 e. The Hall–Kier alpha value is -3.57. The number of aromatic nitrogens is 1. The van der Waals surface area contributed by atoms with Gasteiger partial charge in [-0.15, -0.1) is 0 Å². The van der Waals surface area contributed by atoms with Crippen LogP contribution in [0.25, 0.3) is 0 Å². The van der Waals surface area contributed by atoms with Crippen molar-refractivity contribution < 1.29 is 28.6 Å². The molecule has 2 amide bonds.